The number of carbonyl (C=O) groups excluding carboxylic acids is 3. The number of halogens is 1. The zero-order valence-electron chi connectivity index (χ0n) is 14.8. The number of hydrogen-bond donors (Lipinski definition) is 0. The number of anilines is 1. The van der Waals surface area contributed by atoms with Gasteiger partial charge in [0.05, 0.1) is 29.2 Å². The third kappa shape index (κ3) is 3.85. The fourth-order valence-corrected chi connectivity index (χ4v) is 3.87. The van der Waals surface area contributed by atoms with E-state index in [9.17, 15) is 14.4 Å². The molecular formula is C19H23ClN2O4. The maximum absolute atomic E-state index is 12.8. The van der Waals surface area contributed by atoms with Crippen LogP contribution in [0.1, 0.15) is 26.2 Å². The third-order valence-electron chi connectivity index (χ3n) is 5.04. The first-order chi connectivity index (χ1) is 12.5. The quantitative estimate of drug-likeness (QED) is 0.755. The molecule has 0 spiro atoms. The van der Waals surface area contributed by atoms with Gasteiger partial charge in [-0.3, -0.25) is 14.4 Å². The van der Waals surface area contributed by atoms with E-state index in [1.807, 2.05) is 12.1 Å². The molecule has 2 heterocycles. The second kappa shape index (κ2) is 8.08. The van der Waals surface area contributed by atoms with Gasteiger partial charge in [-0.15, -0.1) is 0 Å². The van der Waals surface area contributed by atoms with Gasteiger partial charge in [0.15, 0.2) is 0 Å². The summed E-state index contributed by atoms with van der Waals surface area (Å²) in [5, 5.41) is 0.504. The minimum atomic E-state index is -0.363. The molecule has 3 rings (SSSR count). The van der Waals surface area contributed by atoms with Crippen LogP contribution in [-0.4, -0.2) is 48.9 Å². The van der Waals surface area contributed by atoms with Crippen LogP contribution < -0.4 is 4.90 Å². The highest BCUT2D eigenvalue weighted by Gasteiger charge is 2.39. The van der Waals surface area contributed by atoms with Gasteiger partial charge >= 0.3 is 5.97 Å². The van der Waals surface area contributed by atoms with Gasteiger partial charge in [-0.1, -0.05) is 23.7 Å². The summed E-state index contributed by atoms with van der Waals surface area (Å²) in [5.74, 6) is -0.782. The molecule has 140 valence electrons. The zero-order valence-corrected chi connectivity index (χ0v) is 15.6. The van der Waals surface area contributed by atoms with Crippen molar-refractivity contribution < 1.29 is 19.1 Å². The van der Waals surface area contributed by atoms with Crippen molar-refractivity contribution in [1.82, 2.24) is 4.90 Å². The van der Waals surface area contributed by atoms with Gasteiger partial charge in [0.2, 0.25) is 11.8 Å². The Morgan fingerprint density at radius 3 is 2.54 bits per heavy atom. The molecule has 0 saturated carbocycles. The Kier molecular flexibility index (Phi) is 5.81. The Morgan fingerprint density at radius 2 is 1.88 bits per heavy atom. The van der Waals surface area contributed by atoms with Crippen LogP contribution in [0.15, 0.2) is 24.3 Å². The van der Waals surface area contributed by atoms with Crippen LogP contribution in [0.25, 0.3) is 0 Å². The number of piperidine rings is 1. The molecule has 2 aliphatic heterocycles. The molecule has 2 fully saturated rings. The van der Waals surface area contributed by atoms with Gasteiger partial charge in [0.25, 0.3) is 0 Å². The van der Waals surface area contributed by atoms with E-state index in [0.29, 0.717) is 49.8 Å². The van der Waals surface area contributed by atoms with E-state index in [1.54, 1.807) is 28.9 Å². The average molecular weight is 379 g/mol. The predicted octanol–water partition coefficient (Wildman–Crippen LogP) is 2.49. The maximum atomic E-state index is 12.8. The van der Waals surface area contributed by atoms with Gasteiger partial charge in [-0.05, 0) is 31.9 Å². The fourth-order valence-electron chi connectivity index (χ4n) is 3.63. The molecule has 0 aliphatic carbocycles. The van der Waals surface area contributed by atoms with Crippen LogP contribution >= 0.6 is 11.6 Å². The maximum Gasteiger partial charge on any atom is 0.309 e. The highest BCUT2D eigenvalue weighted by molar-refractivity contribution is 6.33. The standard InChI is InChI=1S/C19H23ClN2O4/c1-2-26-19(25)13-7-9-21(10-8-13)18(24)14-11-17(23)22(12-14)16-6-4-3-5-15(16)20/h3-6,13-14H,2,7-12H2,1H3. The lowest BCUT2D eigenvalue weighted by molar-refractivity contribution is -0.151. The van der Waals surface area contributed by atoms with Crippen LogP contribution in [-0.2, 0) is 19.1 Å². The minimum absolute atomic E-state index is 0.0183. The fraction of sp³-hybridized carbons (Fsp3) is 0.526. The lowest BCUT2D eigenvalue weighted by Gasteiger charge is -2.32. The summed E-state index contributed by atoms with van der Waals surface area (Å²) < 4.78 is 5.06. The van der Waals surface area contributed by atoms with E-state index in [2.05, 4.69) is 0 Å². The first-order valence-electron chi connectivity index (χ1n) is 9.01. The largest absolute Gasteiger partial charge is 0.466 e. The molecule has 1 atom stereocenters. The number of likely N-dealkylation sites (tertiary alicyclic amines) is 1. The number of rotatable bonds is 4. The van der Waals surface area contributed by atoms with Crippen LogP contribution in [0.3, 0.4) is 0 Å². The molecule has 1 aromatic rings. The summed E-state index contributed by atoms with van der Waals surface area (Å²) in [7, 11) is 0. The number of para-hydroxylation sites is 1. The van der Waals surface area contributed by atoms with Crippen molar-refractivity contribution in [2.45, 2.75) is 26.2 Å². The van der Waals surface area contributed by atoms with Gasteiger partial charge in [-0.25, -0.2) is 0 Å². The summed E-state index contributed by atoms with van der Waals surface area (Å²) in [6, 6.07) is 7.16. The van der Waals surface area contributed by atoms with Crippen LogP contribution in [0.2, 0.25) is 5.02 Å². The highest BCUT2D eigenvalue weighted by Crippen LogP contribution is 2.32. The molecule has 0 radical (unpaired) electrons. The molecule has 6 nitrogen and oxygen atoms in total. The number of carbonyl (C=O) groups is 3. The molecule has 0 bridgehead atoms. The predicted molar refractivity (Wildman–Crippen MR) is 97.8 cm³/mol. The Hall–Kier alpha value is -2.08. The van der Waals surface area contributed by atoms with Crippen molar-refractivity contribution in [2.75, 3.05) is 31.1 Å². The summed E-state index contributed by atoms with van der Waals surface area (Å²) in [6.45, 7) is 3.57. The Bertz CT molecular complexity index is 701. The second-order valence-corrected chi connectivity index (χ2v) is 7.12. The summed E-state index contributed by atoms with van der Waals surface area (Å²) in [4.78, 5) is 40.4. The van der Waals surface area contributed by atoms with Crippen LogP contribution in [0.4, 0.5) is 5.69 Å². The minimum Gasteiger partial charge on any atom is -0.466 e. The Morgan fingerprint density at radius 1 is 1.19 bits per heavy atom. The number of nitrogens with zero attached hydrogens (tertiary/aromatic N) is 2. The lowest BCUT2D eigenvalue weighted by Crippen LogP contribution is -2.44. The molecule has 2 saturated heterocycles. The number of esters is 1. The molecule has 1 unspecified atom stereocenters. The van der Waals surface area contributed by atoms with E-state index >= 15 is 0 Å². The molecule has 0 N–H and O–H groups in total. The molecular weight excluding hydrogens is 356 g/mol. The molecule has 2 aliphatic rings. The second-order valence-electron chi connectivity index (χ2n) is 6.71. The lowest BCUT2D eigenvalue weighted by atomic mass is 9.95. The van der Waals surface area contributed by atoms with Crippen molar-refractivity contribution in [3.8, 4) is 0 Å². The monoisotopic (exact) mass is 378 g/mol. The third-order valence-corrected chi connectivity index (χ3v) is 5.36. The molecule has 1 aromatic carbocycles. The average Bonchev–Trinajstić information content (AvgIpc) is 3.03. The molecule has 0 aromatic heterocycles. The van der Waals surface area contributed by atoms with Gasteiger partial charge in [-0.2, -0.15) is 0 Å². The molecule has 2 amide bonds. The number of benzene rings is 1. The topological polar surface area (TPSA) is 66.9 Å². The van der Waals surface area contributed by atoms with Crippen molar-refractivity contribution in [3.05, 3.63) is 29.3 Å². The van der Waals surface area contributed by atoms with E-state index in [4.69, 9.17) is 16.3 Å². The first kappa shape index (κ1) is 18.7. The number of hydrogen-bond acceptors (Lipinski definition) is 4. The van der Waals surface area contributed by atoms with Gasteiger partial charge in [0, 0.05) is 26.1 Å². The van der Waals surface area contributed by atoms with Crippen molar-refractivity contribution in [2.24, 2.45) is 11.8 Å². The van der Waals surface area contributed by atoms with Crippen LogP contribution in [0.5, 0.6) is 0 Å². The Balaban J connectivity index is 1.59. The summed E-state index contributed by atoms with van der Waals surface area (Å²) >= 11 is 6.18. The molecule has 7 heteroatoms. The SMILES string of the molecule is CCOC(=O)C1CCN(C(=O)C2CC(=O)N(c3ccccc3Cl)C2)CC1. The van der Waals surface area contributed by atoms with E-state index < -0.39 is 0 Å². The number of ether oxygens (including phenoxy) is 1. The van der Waals surface area contributed by atoms with Gasteiger partial charge in [0.1, 0.15) is 0 Å². The summed E-state index contributed by atoms with van der Waals surface area (Å²) in [6.07, 6.45) is 1.42. The van der Waals surface area contributed by atoms with E-state index in [1.165, 1.54) is 0 Å². The van der Waals surface area contributed by atoms with Crippen molar-refractivity contribution >= 4 is 35.1 Å². The van der Waals surface area contributed by atoms with Crippen molar-refractivity contribution in [1.29, 1.82) is 0 Å². The Labute approximate surface area is 158 Å². The van der Waals surface area contributed by atoms with E-state index in [0.717, 1.165) is 0 Å². The normalized spacial score (nSPS) is 21.2. The van der Waals surface area contributed by atoms with Crippen molar-refractivity contribution in [3.63, 3.8) is 0 Å². The highest BCUT2D eigenvalue weighted by atomic mass is 35.5. The summed E-state index contributed by atoms with van der Waals surface area (Å²) in [5.41, 5.74) is 0.649. The number of amides is 2. The zero-order chi connectivity index (χ0) is 18.7. The smallest absolute Gasteiger partial charge is 0.309 e. The first-order valence-corrected chi connectivity index (χ1v) is 9.39. The van der Waals surface area contributed by atoms with Gasteiger partial charge < -0.3 is 14.5 Å². The van der Waals surface area contributed by atoms with E-state index in [-0.39, 0.29) is 36.0 Å². The van der Waals surface area contributed by atoms with Crippen LogP contribution in [0, 0.1) is 11.8 Å². The molecule has 26 heavy (non-hydrogen) atoms.